The van der Waals surface area contributed by atoms with E-state index in [1.165, 1.54) is 44.5 Å². The highest BCUT2D eigenvalue weighted by Crippen LogP contribution is 2.51. The van der Waals surface area contributed by atoms with Crippen LogP contribution in [0.2, 0.25) is 0 Å². The topological polar surface area (TPSA) is 3.24 Å². The molecule has 186 valence electrons. The van der Waals surface area contributed by atoms with Gasteiger partial charge < -0.3 is 4.90 Å². The third kappa shape index (κ3) is 4.23. The second kappa shape index (κ2) is 10.00. The smallest absolute Gasteiger partial charge is 0.0541 e. The molecule has 0 atom stereocenters. The van der Waals surface area contributed by atoms with E-state index < -0.39 is 0 Å². The first kappa shape index (κ1) is 24.1. The average Bonchev–Trinajstić information content (AvgIpc) is 3.00. The standard InChI is InChI=1S/C36H23Br2N/c37-24-18-20-35-33(22-24)31-16-8-6-14-29(31)27-12-4-5-13-28(27)30-15-7-9-17-32(30)34-23-25(38)19-21-36(34)39(35)26-10-2-1-3-11-26/h1-23H. The molecule has 0 amide bonds. The van der Waals surface area contributed by atoms with Crippen molar-refractivity contribution in [1.29, 1.82) is 0 Å². The number of nitrogens with zero attached hydrogens (tertiary/aromatic N) is 1. The van der Waals surface area contributed by atoms with Crippen molar-refractivity contribution >= 4 is 48.9 Å². The molecule has 1 nitrogen and oxygen atoms in total. The van der Waals surface area contributed by atoms with Crippen LogP contribution in [0.4, 0.5) is 17.1 Å². The predicted octanol–water partition coefficient (Wildman–Crippen LogP) is 11.7. The van der Waals surface area contributed by atoms with Crippen molar-refractivity contribution in [2.75, 3.05) is 4.90 Å². The lowest BCUT2D eigenvalue weighted by atomic mass is 9.87. The second-order valence-electron chi connectivity index (χ2n) is 9.63. The Kier molecular flexibility index (Phi) is 6.19. The molecule has 0 bridgehead atoms. The van der Waals surface area contributed by atoms with Gasteiger partial charge in [0.1, 0.15) is 0 Å². The van der Waals surface area contributed by atoms with E-state index in [2.05, 4.69) is 176 Å². The summed E-state index contributed by atoms with van der Waals surface area (Å²) in [7, 11) is 0. The average molecular weight is 629 g/mol. The minimum Gasteiger partial charge on any atom is -0.309 e. The van der Waals surface area contributed by atoms with Gasteiger partial charge in [0.25, 0.3) is 0 Å². The molecule has 3 heteroatoms. The Morgan fingerprint density at radius 2 is 0.667 bits per heavy atom. The van der Waals surface area contributed by atoms with Crippen LogP contribution in [0.1, 0.15) is 0 Å². The van der Waals surface area contributed by atoms with E-state index in [1.54, 1.807) is 0 Å². The zero-order valence-electron chi connectivity index (χ0n) is 21.0. The Morgan fingerprint density at radius 3 is 1.05 bits per heavy atom. The van der Waals surface area contributed by atoms with E-state index in [4.69, 9.17) is 0 Å². The number of halogens is 2. The minimum absolute atomic E-state index is 1.05. The van der Waals surface area contributed by atoms with E-state index in [9.17, 15) is 0 Å². The molecule has 0 radical (unpaired) electrons. The van der Waals surface area contributed by atoms with Crippen LogP contribution in [0, 0.1) is 0 Å². The molecule has 1 aliphatic rings. The van der Waals surface area contributed by atoms with E-state index in [-0.39, 0.29) is 0 Å². The number of hydrogen-bond acceptors (Lipinski definition) is 1. The first-order valence-electron chi connectivity index (χ1n) is 12.9. The summed E-state index contributed by atoms with van der Waals surface area (Å²) in [5, 5.41) is 0. The predicted molar refractivity (Wildman–Crippen MR) is 172 cm³/mol. The molecule has 0 spiro atoms. The Balaban J connectivity index is 1.71. The molecule has 0 N–H and O–H groups in total. The molecule has 0 saturated carbocycles. The van der Waals surface area contributed by atoms with Crippen molar-refractivity contribution in [3.63, 3.8) is 0 Å². The fraction of sp³-hybridized carbons (Fsp3) is 0. The van der Waals surface area contributed by atoms with Gasteiger partial charge in [-0.3, -0.25) is 0 Å². The summed E-state index contributed by atoms with van der Waals surface area (Å²) >= 11 is 7.57. The summed E-state index contributed by atoms with van der Waals surface area (Å²) in [6.45, 7) is 0. The number of hydrogen-bond donors (Lipinski definition) is 0. The van der Waals surface area contributed by atoms with Gasteiger partial charge in [-0.25, -0.2) is 0 Å². The first-order valence-corrected chi connectivity index (χ1v) is 14.5. The zero-order valence-corrected chi connectivity index (χ0v) is 24.2. The SMILES string of the molecule is Brc1ccc2c(c1)-c1ccccc1-c1ccccc1-c1ccccc1-c1cc(Br)ccc1N2c1ccccc1. The third-order valence-electron chi connectivity index (χ3n) is 7.36. The van der Waals surface area contributed by atoms with Gasteiger partial charge in [0.2, 0.25) is 0 Å². The summed E-state index contributed by atoms with van der Waals surface area (Å²) < 4.78 is 2.10. The van der Waals surface area contributed by atoms with E-state index in [0.717, 1.165) is 26.0 Å². The third-order valence-corrected chi connectivity index (χ3v) is 8.34. The van der Waals surface area contributed by atoms with Gasteiger partial charge >= 0.3 is 0 Å². The molecule has 0 saturated heterocycles. The van der Waals surface area contributed by atoms with Crippen LogP contribution in [-0.4, -0.2) is 0 Å². The summed E-state index contributed by atoms with van der Waals surface area (Å²) in [5.41, 5.74) is 12.9. The van der Waals surface area contributed by atoms with Crippen LogP contribution >= 0.6 is 31.9 Å². The fourth-order valence-corrected chi connectivity index (χ4v) is 6.40. The van der Waals surface area contributed by atoms with Crippen molar-refractivity contribution in [3.8, 4) is 44.5 Å². The number of rotatable bonds is 1. The van der Waals surface area contributed by atoms with Crippen molar-refractivity contribution in [2.45, 2.75) is 0 Å². The molecule has 6 aromatic rings. The maximum atomic E-state index is 3.79. The largest absolute Gasteiger partial charge is 0.309 e. The highest BCUT2D eigenvalue weighted by Gasteiger charge is 2.25. The monoisotopic (exact) mass is 627 g/mol. The van der Waals surface area contributed by atoms with Gasteiger partial charge in [-0.2, -0.15) is 0 Å². The van der Waals surface area contributed by atoms with Crippen LogP contribution in [0.3, 0.4) is 0 Å². The molecule has 0 aromatic heterocycles. The summed E-state index contributed by atoms with van der Waals surface area (Å²) in [5.74, 6) is 0. The molecule has 1 heterocycles. The number of anilines is 3. The van der Waals surface area contributed by atoms with E-state index in [1.807, 2.05) is 0 Å². The summed E-state index contributed by atoms with van der Waals surface area (Å²) in [6.07, 6.45) is 0. The van der Waals surface area contributed by atoms with Gasteiger partial charge in [0, 0.05) is 25.8 Å². The normalized spacial score (nSPS) is 11.8. The zero-order chi connectivity index (χ0) is 26.3. The van der Waals surface area contributed by atoms with Gasteiger partial charge in [-0.05, 0) is 81.9 Å². The highest BCUT2D eigenvalue weighted by atomic mass is 79.9. The van der Waals surface area contributed by atoms with Crippen molar-refractivity contribution < 1.29 is 0 Å². The Labute approximate surface area is 245 Å². The van der Waals surface area contributed by atoms with Gasteiger partial charge in [-0.15, -0.1) is 0 Å². The number of fused-ring (bicyclic) bond motifs is 9. The lowest BCUT2D eigenvalue weighted by Gasteiger charge is -2.30. The van der Waals surface area contributed by atoms with E-state index >= 15 is 0 Å². The number of para-hydroxylation sites is 1. The Bertz CT molecular complexity index is 1730. The molecule has 0 fully saturated rings. The maximum absolute atomic E-state index is 3.79. The molecular weight excluding hydrogens is 606 g/mol. The lowest BCUT2D eigenvalue weighted by molar-refractivity contribution is 1.28. The number of benzene rings is 6. The molecule has 39 heavy (non-hydrogen) atoms. The van der Waals surface area contributed by atoms with E-state index in [0.29, 0.717) is 0 Å². The molecule has 0 aliphatic carbocycles. The molecule has 7 rings (SSSR count). The van der Waals surface area contributed by atoms with Gasteiger partial charge in [-0.1, -0.05) is 123 Å². The van der Waals surface area contributed by atoms with Crippen LogP contribution in [0.5, 0.6) is 0 Å². The molecule has 1 aliphatic heterocycles. The summed E-state index contributed by atoms with van der Waals surface area (Å²) in [6, 6.07) is 50.2. The fourth-order valence-electron chi connectivity index (χ4n) is 5.68. The molecule has 0 unspecified atom stereocenters. The minimum atomic E-state index is 1.05. The van der Waals surface area contributed by atoms with Crippen LogP contribution in [0.25, 0.3) is 44.5 Å². The highest BCUT2D eigenvalue weighted by molar-refractivity contribution is 9.10. The Hall–Kier alpha value is -3.92. The Morgan fingerprint density at radius 1 is 0.333 bits per heavy atom. The van der Waals surface area contributed by atoms with Crippen molar-refractivity contribution in [1.82, 2.24) is 0 Å². The van der Waals surface area contributed by atoms with Crippen LogP contribution < -0.4 is 4.90 Å². The lowest BCUT2D eigenvalue weighted by Crippen LogP contribution is -2.12. The molecular formula is C36H23Br2N. The van der Waals surface area contributed by atoms with Gasteiger partial charge in [0.05, 0.1) is 11.4 Å². The van der Waals surface area contributed by atoms with Crippen LogP contribution in [0.15, 0.2) is 148 Å². The van der Waals surface area contributed by atoms with Gasteiger partial charge in [0.15, 0.2) is 0 Å². The first-order chi connectivity index (χ1) is 19.2. The molecule has 6 aromatic carbocycles. The maximum Gasteiger partial charge on any atom is 0.0541 e. The summed E-state index contributed by atoms with van der Waals surface area (Å²) in [4.78, 5) is 2.40. The second-order valence-corrected chi connectivity index (χ2v) is 11.5. The van der Waals surface area contributed by atoms with Crippen molar-refractivity contribution in [2.24, 2.45) is 0 Å². The van der Waals surface area contributed by atoms with Crippen LogP contribution in [-0.2, 0) is 0 Å². The van der Waals surface area contributed by atoms with Crippen molar-refractivity contribution in [3.05, 3.63) is 148 Å². The quantitative estimate of drug-likeness (QED) is 0.175.